The standard InChI is InChI=1S/C20H32/c1-8-13-19(10-3)20(11-4)15-12-14-18(9-2)17(7)16(5)6/h8-9,11,13,16H,2,4,10,12,14-15H2,1,3,5-7H3/b13-8-,18-17-,20-19?. The Hall–Kier alpha value is -1.30. The first-order valence-corrected chi connectivity index (χ1v) is 7.80. The van der Waals surface area contributed by atoms with Gasteiger partial charge in [-0.05, 0) is 62.2 Å². The molecule has 20 heavy (non-hydrogen) atoms. The molecule has 0 aliphatic rings. The van der Waals surface area contributed by atoms with Crippen molar-refractivity contribution < 1.29 is 0 Å². The summed E-state index contributed by atoms with van der Waals surface area (Å²) in [7, 11) is 0. The number of hydrogen-bond acceptors (Lipinski definition) is 0. The van der Waals surface area contributed by atoms with Gasteiger partial charge in [-0.1, -0.05) is 63.8 Å². The molecule has 0 unspecified atom stereocenters. The van der Waals surface area contributed by atoms with Crippen LogP contribution in [-0.4, -0.2) is 0 Å². The Kier molecular flexibility index (Phi) is 9.80. The molecule has 0 atom stereocenters. The fourth-order valence-electron chi connectivity index (χ4n) is 2.35. The predicted octanol–water partition coefficient (Wildman–Crippen LogP) is 6.78. The fraction of sp³-hybridized carbons (Fsp3) is 0.500. The molecule has 0 amide bonds. The molecule has 0 spiro atoms. The van der Waals surface area contributed by atoms with Crippen LogP contribution in [0.2, 0.25) is 0 Å². The van der Waals surface area contributed by atoms with Crippen molar-refractivity contribution in [1.82, 2.24) is 0 Å². The number of hydrogen-bond donors (Lipinski definition) is 0. The van der Waals surface area contributed by atoms with Crippen molar-refractivity contribution in [3.8, 4) is 0 Å². The van der Waals surface area contributed by atoms with Crippen LogP contribution in [0.3, 0.4) is 0 Å². The molecule has 0 heterocycles. The molecule has 0 bridgehead atoms. The minimum Gasteiger partial charge on any atom is -0.0988 e. The fourth-order valence-corrected chi connectivity index (χ4v) is 2.35. The smallest absolute Gasteiger partial charge is 0.0257 e. The van der Waals surface area contributed by atoms with E-state index in [1.165, 1.54) is 22.3 Å². The molecule has 0 aromatic heterocycles. The van der Waals surface area contributed by atoms with Crippen molar-refractivity contribution in [1.29, 1.82) is 0 Å². The molecule has 0 aliphatic carbocycles. The van der Waals surface area contributed by atoms with Crippen molar-refractivity contribution in [2.75, 3.05) is 0 Å². The highest BCUT2D eigenvalue weighted by Gasteiger charge is 2.05. The monoisotopic (exact) mass is 272 g/mol. The van der Waals surface area contributed by atoms with E-state index in [-0.39, 0.29) is 0 Å². The maximum absolute atomic E-state index is 3.97. The van der Waals surface area contributed by atoms with Gasteiger partial charge < -0.3 is 0 Å². The topological polar surface area (TPSA) is 0 Å². The molecule has 0 fully saturated rings. The van der Waals surface area contributed by atoms with Crippen LogP contribution < -0.4 is 0 Å². The van der Waals surface area contributed by atoms with Crippen molar-refractivity contribution in [2.24, 2.45) is 5.92 Å². The Labute approximate surface area is 126 Å². The Morgan fingerprint density at radius 2 is 1.55 bits per heavy atom. The van der Waals surface area contributed by atoms with Crippen LogP contribution in [0.15, 0.2) is 59.8 Å². The summed E-state index contributed by atoms with van der Waals surface area (Å²) in [6, 6.07) is 0. The van der Waals surface area contributed by atoms with Crippen LogP contribution in [0.5, 0.6) is 0 Å². The average molecular weight is 272 g/mol. The van der Waals surface area contributed by atoms with Crippen LogP contribution in [0, 0.1) is 5.92 Å². The van der Waals surface area contributed by atoms with Crippen molar-refractivity contribution in [3.63, 3.8) is 0 Å². The van der Waals surface area contributed by atoms with E-state index in [2.05, 4.69) is 59.9 Å². The lowest BCUT2D eigenvalue weighted by atomic mass is 9.93. The summed E-state index contributed by atoms with van der Waals surface area (Å²) in [6.07, 6.45) is 12.8. The third-order valence-electron chi connectivity index (χ3n) is 3.92. The van der Waals surface area contributed by atoms with Crippen LogP contribution in [0.4, 0.5) is 0 Å². The molecular formula is C20H32. The van der Waals surface area contributed by atoms with Gasteiger partial charge in [0.1, 0.15) is 0 Å². The Morgan fingerprint density at radius 1 is 1.00 bits per heavy atom. The molecule has 0 saturated heterocycles. The van der Waals surface area contributed by atoms with Crippen molar-refractivity contribution in [3.05, 3.63) is 59.8 Å². The number of allylic oxidation sites excluding steroid dienone is 8. The van der Waals surface area contributed by atoms with Gasteiger partial charge >= 0.3 is 0 Å². The van der Waals surface area contributed by atoms with Crippen LogP contribution in [0.1, 0.15) is 60.3 Å². The highest BCUT2D eigenvalue weighted by atomic mass is 14.1. The molecule has 112 valence electrons. The third kappa shape index (κ3) is 6.23. The van der Waals surface area contributed by atoms with E-state index >= 15 is 0 Å². The van der Waals surface area contributed by atoms with Gasteiger partial charge in [0.2, 0.25) is 0 Å². The van der Waals surface area contributed by atoms with E-state index < -0.39 is 0 Å². The molecular weight excluding hydrogens is 240 g/mol. The maximum atomic E-state index is 3.97. The third-order valence-corrected chi connectivity index (χ3v) is 3.92. The van der Waals surface area contributed by atoms with Crippen molar-refractivity contribution in [2.45, 2.75) is 60.3 Å². The molecule has 0 aliphatic heterocycles. The van der Waals surface area contributed by atoms with Gasteiger partial charge in [-0.2, -0.15) is 0 Å². The SMILES string of the molecule is C=CC(CCC/C(C=C)=C(/C)C(C)C)=C(/C=C\C)CC. The van der Waals surface area contributed by atoms with Crippen LogP contribution in [0.25, 0.3) is 0 Å². The molecule has 0 heteroatoms. The van der Waals surface area contributed by atoms with E-state index in [1.54, 1.807) is 0 Å². The first kappa shape index (κ1) is 18.7. The van der Waals surface area contributed by atoms with E-state index in [0.29, 0.717) is 5.92 Å². The first-order valence-electron chi connectivity index (χ1n) is 7.80. The van der Waals surface area contributed by atoms with Gasteiger partial charge in [0.25, 0.3) is 0 Å². The van der Waals surface area contributed by atoms with Gasteiger partial charge in [-0.3, -0.25) is 0 Å². The van der Waals surface area contributed by atoms with Gasteiger partial charge in [0.15, 0.2) is 0 Å². The summed E-state index contributed by atoms with van der Waals surface area (Å²) >= 11 is 0. The largest absolute Gasteiger partial charge is 0.0988 e. The lowest BCUT2D eigenvalue weighted by Crippen LogP contribution is -1.95. The molecule has 0 rings (SSSR count). The zero-order chi connectivity index (χ0) is 15.5. The zero-order valence-electron chi connectivity index (χ0n) is 14.1. The second kappa shape index (κ2) is 10.5. The van der Waals surface area contributed by atoms with Gasteiger partial charge in [-0.25, -0.2) is 0 Å². The minimum absolute atomic E-state index is 0.603. The zero-order valence-corrected chi connectivity index (χ0v) is 14.1. The second-order valence-corrected chi connectivity index (χ2v) is 5.53. The molecule has 0 aromatic rings. The lowest BCUT2D eigenvalue weighted by molar-refractivity contribution is 0.734. The summed E-state index contributed by atoms with van der Waals surface area (Å²) in [5.74, 6) is 0.603. The molecule has 0 radical (unpaired) electrons. The second-order valence-electron chi connectivity index (χ2n) is 5.53. The Balaban J connectivity index is 4.80. The summed E-state index contributed by atoms with van der Waals surface area (Å²) in [6.45, 7) is 18.9. The van der Waals surface area contributed by atoms with Crippen LogP contribution >= 0.6 is 0 Å². The van der Waals surface area contributed by atoms with Gasteiger partial charge in [0, 0.05) is 0 Å². The lowest BCUT2D eigenvalue weighted by Gasteiger charge is -2.13. The van der Waals surface area contributed by atoms with E-state index in [0.717, 1.165) is 25.7 Å². The number of rotatable bonds is 9. The summed E-state index contributed by atoms with van der Waals surface area (Å²) in [4.78, 5) is 0. The first-order chi connectivity index (χ1) is 9.51. The van der Waals surface area contributed by atoms with Gasteiger partial charge in [-0.15, -0.1) is 0 Å². The summed E-state index contributed by atoms with van der Waals surface area (Å²) < 4.78 is 0. The van der Waals surface area contributed by atoms with Crippen LogP contribution in [-0.2, 0) is 0 Å². The normalized spacial score (nSPS) is 14.3. The molecule has 0 nitrogen and oxygen atoms in total. The maximum Gasteiger partial charge on any atom is -0.0257 e. The van der Waals surface area contributed by atoms with E-state index in [1.807, 2.05) is 12.2 Å². The van der Waals surface area contributed by atoms with Gasteiger partial charge in [0.05, 0.1) is 0 Å². The molecule has 0 aromatic carbocycles. The molecule has 0 N–H and O–H groups in total. The Bertz CT molecular complexity index is 400. The highest BCUT2D eigenvalue weighted by molar-refractivity contribution is 5.32. The van der Waals surface area contributed by atoms with Crippen molar-refractivity contribution >= 4 is 0 Å². The average Bonchev–Trinajstić information content (AvgIpc) is 2.45. The molecule has 0 saturated carbocycles. The Morgan fingerprint density at radius 3 is 1.95 bits per heavy atom. The summed E-state index contributed by atoms with van der Waals surface area (Å²) in [5, 5.41) is 0. The predicted molar refractivity (Wildman–Crippen MR) is 93.9 cm³/mol. The minimum atomic E-state index is 0.603. The summed E-state index contributed by atoms with van der Waals surface area (Å²) in [5.41, 5.74) is 5.67. The van der Waals surface area contributed by atoms with E-state index in [9.17, 15) is 0 Å². The van der Waals surface area contributed by atoms with E-state index in [4.69, 9.17) is 0 Å². The highest BCUT2D eigenvalue weighted by Crippen LogP contribution is 2.23. The quantitative estimate of drug-likeness (QED) is 0.406.